The number of rotatable bonds is 7. The Morgan fingerprint density at radius 3 is 2.71 bits per heavy atom. The van der Waals surface area contributed by atoms with Crippen LogP contribution in [0.5, 0.6) is 0 Å². The van der Waals surface area contributed by atoms with Crippen LogP contribution >= 0.6 is 11.8 Å². The molecule has 0 saturated heterocycles. The predicted octanol–water partition coefficient (Wildman–Crippen LogP) is 4.94. The summed E-state index contributed by atoms with van der Waals surface area (Å²) in [6.45, 7) is 0. The molecule has 0 saturated carbocycles. The van der Waals surface area contributed by atoms with Gasteiger partial charge < -0.3 is 15.1 Å². The van der Waals surface area contributed by atoms with Crippen LogP contribution in [0.1, 0.15) is 21.6 Å². The van der Waals surface area contributed by atoms with E-state index in [0.717, 1.165) is 17.7 Å². The first-order valence-electron chi connectivity index (χ1n) is 9.86. The zero-order valence-corrected chi connectivity index (χ0v) is 18.4. The minimum Gasteiger partial charge on any atom is -0.403 e. The van der Waals surface area contributed by atoms with Gasteiger partial charge in [0.2, 0.25) is 0 Å². The fraction of sp³-hybridized carbons (Fsp3) is 0.136. The van der Waals surface area contributed by atoms with E-state index in [4.69, 9.17) is 4.42 Å². The second-order valence-corrected chi connectivity index (χ2v) is 7.85. The van der Waals surface area contributed by atoms with Gasteiger partial charge in [0.05, 0.1) is 11.1 Å². The SMILES string of the molecule is CNC(=O)c1cc(CSc2ncccc2-c2nnc(Nc3cccc(C(F)(F)F)c3)o2)ccn1. The third-order valence-electron chi connectivity index (χ3n) is 4.53. The lowest BCUT2D eigenvalue weighted by atomic mass is 10.2. The standard InChI is InChI=1S/C22H17F3N6O2S/c1-26-18(32)17-10-13(7-9-27-17)12-34-20-16(6-3-8-28-20)19-30-31-21(33-19)29-15-5-2-4-14(11-15)22(23,24)25/h2-11H,12H2,1H3,(H,26,32)(H,29,31). The number of nitrogens with zero attached hydrogens (tertiary/aromatic N) is 4. The van der Waals surface area contributed by atoms with Crippen molar-refractivity contribution in [1.29, 1.82) is 0 Å². The Morgan fingerprint density at radius 2 is 1.91 bits per heavy atom. The Kier molecular flexibility index (Phi) is 6.77. The number of halogens is 3. The minimum atomic E-state index is -4.46. The number of pyridine rings is 2. The summed E-state index contributed by atoms with van der Waals surface area (Å²) in [6, 6.07) is 11.6. The quantitative estimate of drug-likeness (QED) is 0.354. The number of alkyl halides is 3. The van der Waals surface area contributed by atoms with E-state index < -0.39 is 11.7 Å². The first-order chi connectivity index (χ1) is 16.3. The van der Waals surface area contributed by atoms with Gasteiger partial charge in [-0.2, -0.15) is 13.2 Å². The Morgan fingerprint density at radius 1 is 1.06 bits per heavy atom. The Hall–Kier alpha value is -3.93. The monoisotopic (exact) mass is 486 g/mol. The topological polar surface area (TPSA) is 106 Å². The van der Waals surface area contributed by atoms with E-state index in [1.165, 1.54) is 30.9 Å². The Bertz CT molecular complexity index is 1310. The highest BCUT2D eigenvalue weighted by atomic mass is 32.2. The maximum absolute atomic E-state index is 12.9. The summed E-state index contributed by atoms with van der Waals surface area (Å²) in [5, 5.41) is 13.7. The van der Waals surface area contributed by atoms with Crippen molar-refractivity contribution < 1.29 is 22.4 Å². The van der Waals surface area contributed by atoms with Crippen LogP contribution < -0.4 is 10.6 Å². The van der Waals surface area contributed by atoms with Crippen LogP contribution in [0, 0.1) is 0 Å². The van der Waals surface area contributed by atoms with Crippen LogP contribution in [0.3, 0.4) is 0 Å². The van der Waals surface area contributed by atoms with Crippen molar-refractivity contribution in [2.75, 3.05) is 12.4 Å². The van der Waals surface area contributed by atoms with Gasteiger partial charge in [-0.25, -0.2) is 4.98 Å². The van der Waals surface area contributed by atoms with E-state index in [1.807, 2.05) is 0 Å². The molecule has 174 valence electrons. The van der Waals surface area contributed by atoms with Crippen LogP contribution in [0.25, 0.3) is 11.5 Å². The van der Waals surface area contributed by atoms with E-state index in [2.05, 4.69) is 30.8 Å². The average molecular weight is 486 g/mol. The first kappa shape index (κ1) is 23.2. The van der Waals surface area contributed by atoms with Gasteiger partial charge in [-0.15, -0.1) is 16.9 Å². The third kappa shape index (κ3) is 5.52. The number of amides is 1. The Labute approximate surface area is 196 Å². The van der Waals surface area contributed by atoms with Crippen molar-refractivity contribution in [3.05, 3.63) is 77.7 Å². The third-order valence-corrected chi connectivity index (χ3v) is 5.60. The molecule has 0 unspecified atom stereocenters. The Balaban J connectivity index is 1.50. The van der Waals surface area contributed by atoms with E-state index in [-0.39, 0.29) is 23.5 Å². The van der Waals surface area contributed by atoms with Crippen molar-refractivity contribution in [2.45, 2.75) is 17.0 Å². The molecule has 1 aromatic carbocycles. The highest BCUT2D eigenvalue weighted by Gasteiger charge is 2.30. The van der Waals surface area contributed by atoms with Gasteiger partial charge in [-0.05, 0) is 48.0 Å². The molecule has 0 aliphatic carbocycles. The van der Waals surface area contributed by atoms with Crippen molar-refractivity contribution in [3.8, 4) is 11.5 Å². The lowest BCUT2D eigenvalue weighted by molar-refractivity contribution is -0.137. The number of carbonyl (C=O) groups is 1. The zero-order chi connectivity index (χ0) is 24.1. The molecule has 34 heavy (non-hydrogen) atoms. The second-order valence-electron chi connectivity index (χ2n) is 6.89. The lowest BCUT2D eigenvalue weighted by Gasteiger charge is -2.08. The van der Waals surface area contributed by atoms with Gasteiger partial charge in [-0.3, -0.25) is 9.78 Å². The molecule has 2 N–H and O–H groups in total. The fourth-order valence-corrected chi connectivity index (χ4v) is 3.85. The van der Waals surface area contributed by atoms with Crippen molar-refractivity contribution in [3.63, 3.8) is 0 Å². The maximum Gasteiger partial charge on any atom is 0.416 e. The molecule has 0 aliphatic heterocycles. The molecule has 0 bridgehead atoms. The van der Waals surface area contributed by atoms with Gasteiger partial charge in [0.25, 0.3) is 11.8 Å². The summed E-state index contributed by atoms with van der Waals surface area (Å²) in [5.74, 6) is 0.378. The maximum atomic E-state index is 12.9. The summed E-state index contributed by atoms with van der Waals surface area (Å²) in [7, 11) is 1.53. The highest BCUT2D eigenvalue weighted by Crippen LogP contribution is 2.33. The predicted molar refractivity (Wildman–Crippen MR) is 119 cm³/mol. The molecule has 0 spiro atoms. The fourth-order valence-electron chi connectivity index (χ4n) is 2.92. The summed E-state index contributed by atoms with van der Waals surface area (Å²) >= 11 is 1.40. The van der Waals surface area contributed by atoms with Crippen molar-refractivity contribution in [2.24, 2.45) is 0 Å². The molecule has 0 aliphatic rings. The van der Waals surface area contributed by atoms with E-state index in [9.17, 15) is 18.0 Å². The van der Waals surface area contributed by atoms with Crippen LogP contribution in [-0.2, 0) is 11.9 Å². The number of carbonyl (C=O) groups excluding carboxylic acids is 1. The minimum absolute atomic E-state index is 0.0570. The second kappa shape index (κ2) is 9.91. The van der Waals surface area contributed by atoms with Gasteiger partial charge in [0.1, 0.15) is 10.7 Å². The number of hydrogen-bond acceptors (Lipinski definition) is 8. The summed E-state index contributed by atoms with van der Waals surface area (Å²) in [4.78, 5) is 20.2. The van der Waals surface area contributed by atoms with Gasteiger partial charge in [0.15, 0.2) is 0 Å². The lowest BCUT2D eigenvalue weighted by Crippen LogP contribution is -2.19. The molecule has 0 fully saturated rings. The van der Waals surface area contributed by atoms with Crippen molar-refractivity contribution in [1.82, 2.24) is 25.5 Å². The molecule has 3 heterocycles. The van der Waals surface area contributed by atoms with Crippen LogP contribution in [-0.4, -0.2) is 33.1 Å². The molecule has 0 radical (unpaired) electrons. The van der Waals surface area contributed by atoms with Gasteiger partial charge >= 0.3 is 12.2 Å². The number of nitrogens with one attached hydrogen (secondary N) is 2. The largest absolute Gasteiger partial charge is 0.416 e. The van der Waals surface area contributed by atoms with E-state index >= 15 is 0 Å². The van der Waals surface area contributed by atoms with Crippen LogP contribution in [0.4, 0.5) is 24.9 Å². The summed E-state index contributed by atoms with van der Waals surface area (Å²) < 4.78 is 44.4. The van der Waals surface area contributed by atoms with Gasteiger partial charge in [-0.1, -0.05) is 11.2 Å². The smallest absolute Gasteiger partial charge is 0.403 e. The van der Waals surface area contributed by atoms with E-state index in [0.29, 0.717) is 22.0 Å². The molecular weight excluding hydrogens is 469 g/mol. The molecule has 0 atom stereocenters. The number of aromatic nitrogens is 4. The number of benzene rings is 1. The van der Waals surface area contributed by atoms with Gasteiger partial charge in [0, 0.05) is 30.9 Å². The molecular formula is C22H17F3N6O2S. The average Bonchev–Trinajstić information content (AvgIpc) is 3.30. The number of thioether (sulfide) groups is 1. The molecule has 4 rings (SSSR count). The van der Waals surface area contributed by atoms with Crippen molar-refractivity contribution >= 4 is 29.4 Å². The number of hydrogen-bond donors (Lipinski definition) is 2. The molecule has 4 aromatic rings. The van der Waals surface area contributed by atoms with Crippen LogP contribution in [0.15, 0.2) is 70.4 Å². The first-order valence-corrected chi connectivity index (χ1v) is 10.8. The zero-order valence-electron chi connectivity index (χ0n) is 17.6. The summed E-state index contributed by atoms with van der Waals surface area (Å²) in [5.41, 5.74) is 1.11. The molecule has 8 nitrogen and oxygen atoms in total. The molecule has 3 aromatic heterocycles. The van der Waals surface area contributed by atoms with Crippen LogP contribution in [0.2, 0.25) is 0 Å². The normalized spacial score (nSPS) is 11.3. The molecule has 12 heteroatoms. The van der Waals surface area contributed by atoms with E-state index in [1.54, 1.807) is 36.7 Å². The number of anilines is 2. The summed E-state index contributed by atoms with van der Waals surface area (Å²) in [6.07, 6.45) is -1.29. The highest BCUT2D eigenvalue weighted by molar-refractivity contribution is 7.98. The molecule has 1 amide bonds.